The van der Waals surface area contributed by atoms with Crippen LogP contribution in [-0.4, -0.2) is 60.1 Å². The van der Waals surface area contributed by atoms with Gasteiger partial charge in [-0.15, -0.1) is 6.58 Å². The minimum absolute atomic E-state index is 0.0283. The molecule has 1 aromatic rings. The van der Waals surface area contributed by atoms with E-state index in [2.05, 4.69) is 17.5 Å². The molecule has 2 fully saturated rings. The van der Waals surface area contributed by atoms with Crippen LogP contribution in [0, 0.1) is 11.3 Å². The average Bonchev–Trinajstić information content (AvgIpc) is 3.11. The van der Waals surface area contributed by atoms with Crippen LogP contribution in [0.4, 0.5) is 0 Å². The Labute approximate surface area is 154 Å². The number of allylic oxidation sites excluding steroid dienone is 1. The number of aliphatic carboxylic acids is 1. The van der Waals surface area contributed by atoms with E-state index < -0.39 is 17.3 Å². The quantitative estimate of drug-likeness (QED) is 0.753. The molecule has 0 aromatic heterocycles. The van der Waals surface area contributed by atoms with Gasteiger partial charge in [0, 0.05) is 32.7 Å². The van der Waals surface area contributed by atoms with Crippen LogP contribution in [0.1, 0.15) is 18.1 Å². The van der Waals surface area contributed by atoms with Gasteiger partial charge in [0.2, 0.25) is 5.91 Å². The molecule has 1 N–H and O–H groups in total. The highest BCUT2D eigenvalue weighted by Gasteiger charge is 2.61. The number of carbonyl (C=O) groups is 2. The van der Waals surface area contributed by atoms with Crippen molar-refractivity contribution < 1.29 is 19.4 Å². The third-order valence-corrected chi connectivity index (χ3v) is 5.62. The molecule has 1 aromatic carbocycles. The van der Waals surface area contributed by atoms with Crippen LogP contribution in [0.15, 0.2) is 30.9 Å². The van der Waals surface area contributed by atoms with Crippen LogP contribution in [0.3, 0.4) is 0 Å². The highest BCUT2D eigenvalue weighted by molar-refractivity contribution is 5.92. The fourth-order valence-corrected chi connectivity index (χ4v) is 4.30. The predicted octanol–water partition coefficient (Wildman–Crippen LogP) is 1.79. The van der Waals surface area contributed by atoms with Gasteiger partial charge in [0.05, 0.1) is 13.0 Å². The Morgan fingerprint density at radius 2 is 2.23 bits per heavy atom. The summed E-state index contributed by atoms with van der Waals surface area (Å²) in [6, 6.07) is 6.00. The van der Waals surface area contributed by atoms with Crippen LogP contribution in [0.5, 0.6) is 5.75 Å². The highest BCUT2D eigenvalue weighted by atomic mass is 16.5. The number of nitrogens with zero attached hydrogens (tertiary/aromatic N) is 2. The Morgan fingerprint density at radius 3 is 2.81 bits per heavy atom. The molecule has 26 heavy (non-hydrogen) atoms. The molecule has 2 saturated heterocycles. The summed E-state index contributed by atoms with van der Waals surface area (Å²) in [5.74, 6) is -0.524. The monoisotopic (exact) mass is 358 g/mol. The van der Waals surface area contributed by atoms with E-state index in [4.69, 9.17) is 4.74 Å². The van der Waals surface area contributed by atoms with Crippen molar-refractivity contribution in [3.8, 4) is 5.75 Å². The lowest BCUT2D eigenvalue weighted by Gasteiger charge is -2.25. The van der Waals surface area contributed by atoms with E-state index in [0.29, 0.717) is 39.1 Å². The van der Waals surface area contributed by atoms with Crippen LogP contribution >= 0.6 is 0 Å². The third kappa shape index (κ3) is 2.98. The fraction of sp³-hybridized carbons (Fsp3) is 0.500. The number of carboxylic acids is 1. The highest BCUT2D eigenvalue weighted by Crippen LogP contribution is 2.44. The summed E-state index contributed by atoms with van der Waals surface area (Å²) in [6.45, 7) is 8.06. The van der Waals surface area contributed by atoms with Crippen molar-refractivity contribution in [3.05, 3.63) is 42.0 Å². The second-order valence-electron chi connectivity index (χ2n) is 7.17. The lowest BCUT2D eigenvalue weighted by molar-refractivity contribution is -0.149. The lowest BCUT2D eigenvalue weighted by atomic mass is 9.81. The zero-order chi connectivity index (χ0) is 18.9. The topological polar surface area (TPSA) is 70.1 Å². The maximum atomic E-state index is 12.6. The number of rotatable bonds is 7. The van der Waals surface area contributed by atoms with E-state index in [1.165, 1.54) is 0 Å². The Bertz CT molecular complexity index is 733. The van der Waals surface area contributed by atoms with E-state index in [-0.39, 0.29) is 5.91 Å². The molecule has 0 saturated carbocycles. The molecule has 2 heterocycles. The van der Waals surface area contributed by atoms with Crippen LogP contribution in [0.25, 0.3) is 0 Å². The van der Waals surface area contributed by atoms with Gasteiger partial charge in [-0.05, 0) is 30.5 Å². The standard InChI is InChI=1S/C20H26N2O4/c1-4-6-15-9-14(7-8-17(15)26-3)10-21-11-16-18(23)22(5-2)13-20(16,12-21)19(24)25/h4,7-9,16H,1,5-6,10-13H2,2-3H3,(H,24,25)/t16?,20-/m0/s1. The van der Waals surface area contributed by atoms with Crippen LogP contribution in [-0.2, 0) is 22.6 Å². The normalized spacial score (nSPS) is 25.4. The molecule has 6 heteroatoms. The molecule has 6 nitrogen and oxygen atoms in total. The summed E-state index contributed by atoms with van der Waals surface area (Å²) < 4.78 is 5.38. The molecule has 1 unspecified atom stereocenters. The van der Waals surface area contributed by atoms with Gasteiger partial charge in [0.1, 0.15) is 11.2 Å². The van der Waals surface area contributed by atoms with Crippen molar-refractivity contribution in [2.24, 2.45) is 11.3 Å². The maximum absolute atomic E-state index is 12.6. The summed E-state index contributed by atoms with van der Waals surface area (Å²) >= 11 is 0. The molecule has 2 atom stereocenters. The first-order chi connectivity index (χ1) is 12.4. The number of carbonyl (C=O) groups excluding carboxylic acids is 1. The summed E-state index contributed by atoms with van der Waals surface area (Å²) in [7, 11) is 1.64. The van der Waals surface area contributed by atoms with Crippen LogP contribution in [0.2, 0.25) is 0 Å². The molecule has 2 aliphatic rings. The largest absolute Gasteiger partial charge is 0.496 e. The van der Waals surface area contributed by atoms with Gasteiger partial charge in [-0.25, -0.2) is 0 Å². The molecule has 0 aliphatic carbocycles. The fourth-order valence-electron chi connectivity index (χ4n) is 4.30. The van der Waals surface area contributed by atoms with Gasteiger partial charge in [-0.1, -0.05) is 18.2 Å². The first-order valence-corrected chi connectivity index (χ1v) is 8.96. The number of benzene rings is 1. The number of methoxy groups -OCH3 is 1. The zero-order valence-corrected chi connectivity index (χ0v) is 15.4. The molecule has 0 spiro atoms. The lowest BCUT2D eigenvalue weighted by Crippen LogP contribution is -2.40. The van der Waals surface area contributed by atoms with Crippen molar-refractivity contribution in [1.29, 1.82) is 0 Å². The predicted molar refractivity (Wildman–Crippen MR) is 98.0 cm³/mol. The number of carboxylic acid groups (broad SMARTS) is 1. The van der Waals surface area contributed by atoms with E-state index in [1.807, 2.05) is 25.1 Å². The van der Waals surface area contributed by atoms with Crippen LogP contribution < -0.4 is 4.74 Å². The number of likely N-dealkylation sites (tertiary alicyclic amines) is 2. The number of hydrogen-bond donors (Lipinski definition) is 1. The number of amides is 1. The van der Waals surface area contributed by atoms with Crippen molar-refractivity contribution in [3.63, 3.8) is 0 Å². The maximum Gasteiger partial charge on any atom is 0.313 e. The van der Waals surface area contributed by atoms with Crippen molar-refractivity contribution in [1.82, 2.24) is 9.80 Å². The van der Waals surface area contributed by atoms with E-state index >= 15 is 0 Å². The van der Waals surface area contributed by atoms with Crippen molar-refractivity contribution >= 4 is 11.9 Å². The number of ether oxygens (including phenoxy) is 1. The van der Waals surface area contributed by atoms with Gasteiger partial charge < -0.3 is 14.7 Å². The summed E-state index contributed by atoms with van der Waals surface area (Å²) in [5.41, 5.74) is 1.16. The van der Waals surface area contributed by atoms with E-state index in [0.717, 1.165) is 16.9 Å². The first-order valence-electron chi connectivity index (χ1n) is 8.96. The van der Waals surface area contributed by atoms with Gasteiger partial charge in [-0.2, -0.15) is 0 Å². The molecular formula is C20H26N2O4. The minimum atomic E-state index is -0.983. The Hall–Kier alpha value is -2.34. The second-order valence-corrected chi connectivity index (χ2v) is 7.17. The van der Waals surface area contributed by atoms with Gasteiger partial charge in [0.25, 0.3) is 0 Å². The molecule has 140 valence electrons. The SMILES string of the molecule is C=CCc1cc(CN2CC3C(=O)N(CC)C[C@@]3(C(=O)O)C2)ccc1OC. The molecule has 2 aliphatic heterocycles. The van der Waals surface area contributed by atoms with Gasteiger partial charge in [0.15, 0.2) is 0 Å². The number of fused-ring (bicyclic) bond motifs is 1. The smallest absolute Gasteiger partial charge is 0.313 e. The molecule has 0 bridgehead atoms. The van der Waals surface area contributed by atoms with Gasteiger partial charge >= 0.3 is 5.97 Å². The average molecular weight is 358 g/mol. The summed E-state index contributed by atoms with van der Waals surface area (Å²) in [4.78, 5) is 28.3. The zero-order valence-electron chi connectivity index (χ0n) is 15.4. The van der Waals surface area contributed by atoms with E-state index in [1.54, 1.807) is 12.0 Å². The molecule has 3 rings (SSSR count). The molecule has 0 radical (unpaired) electrons. The van der Waals surface area contributed by atoms with E-state index in [9.17, 15) is 14.7 Å². The first kappa shape index (κ1) is 18.5. The molecular weight excluding hydrogens is 332 g/mol. The minimum Gasteiger partial charge on any atom is -0.496 e. The van der Waals surface area contributed by atoms with Crippen molar-refractivity contribution in [2.45, 2.75) is 19.9 Å². The Morgan fingerprint density at radius 1 is 1.46 bits per heavy atom. The second kappa shape index (κ2) is 7.11. The number of hydrogen-bond acceptors (Lipinski definition) is 4. The summed E-state index contributed by atoms with van der Waals surface area (Å²) in [6.07, 6.45) is 2.54. The Balaban J connectivity index is 1.79. The summed E-state index contributed by atoms with van der Waals surface area (Å²) in [5, 5.41) is 9.84. The third-order valence-electron chi connectivity index (χ3n) is 5.62. The van der Waals surface area contributed by atoms with Crippen molar-refractivity contribution in [2.75, 3.05) is 33.3 Å². The molecule has 1 amide bonds. The van der Waals surface area contributed by atoms with Gasteiger partial charge in [-0.3, -0.25) is 14.5 Å². The Kier molecular flexibility index (Phi) is 5.05.